The lowest BCUT2D eigenvalue weighted by molar-refractivity contribution is 0.252. The molecule has 0 fully saturated rings. The quantitative estimate of drug-likeness (QED) is 0.698. The first-order valence-corrected chi connectivity index (χ1v) is 7.80. The highest BCUT2D eigenvalue weighted by atomic mass is 35.5. The van der Waals surface area contributed by atoms with Crippen molar-refractivity contribution in [2.75, 3.05) is 11.9 Å². The molecule has 0 saturated heterocycles. The molecule has 0 saturated carbocycles. The lowest BCUT2D eigenvalue weighted by Gasteiger charge is -2.08. The third kappa shape index (κ3) is 4.02. The number of carbonyl (C=O) groups is 1. The molecule has 0 atom stereocenters. The van der Waals surface area contributed by atoms with Gasteiger partial charge in [0.15, 0.2) is 0 Å². The molecule has 6 heteroatoms. The van der Waals surface area contributed by atoms with Crippen LogP contribution in [-0.2, 0) is 6.54 Å². The minimum absolute atomic E-state index is 0.220. The summed E-state index contributed by atoms with van der Waals surface area (Å²) in [6.45, 7) is 1.40. The smallest absolute Gasteiger partial charge is 0.319 e. The molecule has 0 spiro atoms. The Bertz CT molecular complexity index is 798. The minimum atomic E-state index is -0.220. The Balaban J connectivity index is 1.44. The van der Waals surface area contributed by atoms with E-state index in [0.717, 1.165) is 24.0 Å². The first-order valence-electron chi connectivity index (χ1n) is 7.43. The number of anilines is 1. The summed E-state index contributed by atoms with van der Waals surface area (Å²) in [5, 5.41) is 7.37. The van der Waals surface area contributed by atoms with Gasteiger partial charge in [0.2, 0.25) is 0 Å². The van der Waals surface area contributed by atoms with E-state index in [2.05, 4.69) is 20.2 Å². The molecule has 0 aliphatic carbocycles. The van der Waals surface area contributed by atoms with Gasteiger partial charge in [0.05, 0.1) is 0 Å². The fourth-order valence-corrected chi connectivity index (χ4v) is 2.49. The fraction of sp³-hybridized carbons (Fsp3) is 0.176. The summed E-state index contributed by atoms with van der Waals surface area (Å²) in [6, 6.07) is 12.8. The van der Waals surface area contributed by atoms with Crippen molar-refractivity contribution >= 4 is 34.4 Å². The van der Waals surface area contributed by atoms with E-state index >= 15 is 0 Å². The van der Waals surface area contributed by atoms with Gasteiger partial charge < -0.3 is 15.2 Å². The highest BCUT2D eigenvalue weighted by Crippen LogP contribution is 2.13. The van der Waals surface area contributed by atoms with E-state index in [1.54, 1.807) is 30.5 Å². The Kier molecular flexibility index (Phi) is 4.78. The molecular weight excluding hydrogens is 312 g/mol. The number of nitrogens with zero attached hydrogens (tertiary/aromatic N) is 2. The molecule has 118 valence electrons. The Morgan fingerprint density at radius 2 is 2.00 bits per heavy atom. The number of halogens is 1. The second-order valence-corrected chi connectivity index (χ2v) is 5.60. The van der Waals surface area contributed by atoms with Crippen LogP contribution >= 0.6 is 11.6 Å². The monoisotopic (exact) mass is 328 g/mol. The van der Waals surface area contributed by atoms with Crippen molar-refractivity contribution in [1.82, 2.24) is 14.9 Å². The van der Waals surface area contributed by atoms with Crippen LogP contribution in [0.25, 0.3) is 11.0 Å². The molecule has 5 nitrogen and oxygen atoms in total. The molecule has 1 aromatic carbocycles. The van der Waals surface area contributed by atoms with Gasteiger partial charge in [-0.1, -0.05) is 11.6 Å². The summed E-state index contributed by atoms with van der Waals surface area (Å²) >= 11 is 5.81. The van der Waals surface area contributed by atoms with Crippen molar-refractivity contribution in [3.05, 3.63) is 59.9 Å². The number of hydrogen-bond acceptors (Lipinski definition) is 2. The van der Waals surface area contributed by atoms with Crippen LogP contribution in [0.4, 0.5) is 10.5 Å². The number of benzene rings is 1. The average Bonchev–Trinajstić information content (AvgIpc) is 2.97. The third-order valence-corrected chi connectivity index (χ3v) is 3.74. The van der Waals surface area contributed by atoms with Crippen LogP contribution in [0.1, 0.15) is 6.42 Å². The molecule has 2 heterocycles. The van der Waals surface area contributed by atoms with E-state index in [-0.39, 0.29) is 6.03 Å². The van der Waals surface area contributed by atoms with Crippen molar-refractivity contribution in [3.63, 3.8) is 0 Å². The molecule has 0 bridgehead atoms. The number of aryl methyl sites for hydroxylation is 1. The minimum Gasteiger partial charge on any atom is -0.338 e. The predicted octanol–water partition coefficient (Wildman–Crippen LogP) is 3.90. The SMILES string of the molecule is O=C(NCCCn1ccc2cccnc21)Nc1ccc(Cl)cc1. The summed E-state index contributed by atoms with van der Waals surface area (Å²) in [5.41, 5.74) is 1.69. The summed E-state index contributed by atoms with van der Waals surface area (Å²) in [7, 11) is 0. The van der Waals surface area contributed by atoms with Crippen LogP contribution in [0.15, 0.2) is 54.9 Å². The summed E-state index contributed by atoms with van der Waals surface area (Å²) in [4.78, 5) is 16.2. The van der Waals surface area contributed by atoms with Crippen LogP contribution in [0, 0.1) is 0 Å². The predicted molar refractivity (Wildman–Crippen MR) is 92.8 cm³/mol. The molecule has 3 rings (SSSR count). The number of hydrogen-bond donors (Lipinski definition) is 2. The first kappa shape index (κ1) is 15.4. The molecule has 0 aliphatic rings. The Morgan fingerprint density at radius 3 is 2.83 bits per heavy atom. The number of urea groups is 1. The summed E-state index contributed by atoms with van der Waals surface area (Å²) < 4.78 is 2.09. The zero-order valence-corrected chi connectivity index (χ0v) is 13.3. The zero-order chi connectivity index (χ0) is 16.1. The van der Waals surface area contributed by atoms with Gasteiger partial charge in [0.1, 0.15) is 5.65 Å². The zero-order valence-electron chi connectivity index (χ0n) is 12.5. The van der Waals surface area contributed by atoms with Gasteiger partial charge in [-0.25, -0.2) is 9.78 Å². The van der Waals surface area contributed by atoms with Crippen LogP contribution in [0.3, 0.4) is 0 Å². The molecule has 2 aromatic heterocycles. The highest BCUT2D eigenvalue weighted by molar-refractivity contribution is 6.30. The number of aromatic nitrogens is 2. The van der Waals surface area contributed by atoms with E-state index in [1.165, 1.54) is 0 Å². The largest absolute Gasteiger partial charge is 0.338 e. The molecule has 3 aromatic rings. The highest BCUT2D eigenvalue weighted by Gasteiger charge is 2.03. The molecule has 2 N–H and O–H groups in total. The van der Waals surface area contributed by atoms with Gasteiger partial charge >= 0.3 is 6.03 Å². The van der Waals surface area contributed by atoms with Crippen molar-refractivity contribution in [2.45, 2.75) is 13.0 Å². The van der Waals surface area contributed by atoms with Crippen molar-refractivity contribution < 1.29 is 4.79 Å². The second-order valence-electron chi connectivity index (χ2n) is 5.17. The maximum absolute atomic E-state index is 11.8. The maximum Gasteiger partial charge on any atom is 0.319 e. The number of nitrogens with one attached hydrogen (secondary N) is 2. The van der Waals surface area contributed by atoms with Crippen LogP contribution in [-0.4, -0.2) is 22.1 Å². The normalized spacial score (nSPS) is 10.7. The van der Waals surface area contributed by atoms with Crippen LogP contribution < -0.4 is 10.6 Å². The van der Waals surface area contributed by atoms with Crippen LogP contribution in [0.2, 0.25) is 5.02 Å². The maximum atomic E-state index is 11.8. The lowest BCUT2D eigenvalue weighted by Crippen LogP contribution is -2.30. The summed E-state index contributed by atoms with van der Waals surface area (Å²) in [6.07, 6.45) is 4.64. The van der Waals surface area contributed by atoms with Gasteiger partial charge in [-0.2, -0.15) is 0 Å². The number of carbonyl (C=O) groups excluding carboxylic acids is 1. The topological polar surface area (TPSA) is 59.0 Å². The average molecular weight is 329 g/mol. The Labute approximate surface area is 139 Å². The van der Waals surface area contributed by atoms with Crippen molar-refractivity contribution in [2.24, 2.45) is 0 Å². The number of amides is 2. The molecule has 23 heavy (non-hydrogen) atoms. The first-order chi connectivity index (χ1) is 11.2. The van der Waals surface area contributed by atoms with Crippen molar-refractivity contribution in [3.8, 4) is 0 Å². The molecule has 2 amide bonds. The van der Waals surface area contributed by atoms with Gasteiger partial charge in [-0.05, 0) is 48.9 Å². The Morgan fingerprint density at radius 1 is 1.17 bits per heavy atom. The standard InChI is InChI=1S/C17H17ClN4O/c18-14-4-6-15(7-5-14)21-17(23)20-10-2-11-22-12-8-13-3-1-9-19-16(13)22/h1,3-9,12H,2,10-11H2,(H2,20,21,23). The number of fused-ring (bicyclic) bond motifs is 1. The second kappa shape index (κ2) is 7.15. The number of pyridine rings is 1. The van der Waals surface area contributed by atoms with E-state index in [0.29, 0.717) is 17.3 Å². The third-order valence-electron chi connectivity index (χ3n) is 3.49. The van der Waals surface area contributed by atoms with E-state index in [4.69, 9.17) is 11.6 Å². The van der Waals surface area contributed by atoms with E-state index in [1.807, 2.05) is 24.4 Å². The van der Waals surface area contributed by atoms with E-state index < -0.39 is 0 Å². The number of rotatable bonds is 5. The van der Waals surface area contributed by atoms with Crippen LogP contribution in [0.5, 0.6) is 0 Å². The van der Waals surface area contributed by atoms with Gasteiger partial charge in [0, 0.05) is 41.6 Å². The van der Waals surface area contributed by atoms with Gasteiger partial charge in [-0.3, -0.25) is 0 Å². The summed E-state index contributed by atoms with van der Waals surface area (Å²) in [5.74, 6) is 0. The molecule has 0 aliphatic heterocycles. The van der Waals surface area contributed by atoms with Crippen molar-refractivity contribution in [1.29, 1.82) is 0 Å². The fourth-order valence-electron chi connectivity index (χ4n) is 2.36. The van der Waals surface area contributed by atoms with Gasteiger partial charge in [-0.15, -0.1) is 0 Å². The molecular formula is C17H17ClN4O. The lowest BCUT2D eigenvalue weighted by atomic mass is 10.3. The van der Waals surface area contributed by atoms with E-state index in [9.17, 15) is 4.79 Å². The van der Waals surface area contributed by atoms with Gasteiger partial charge in [0.25, 0.3) is 0 Å². The molecule has 0 radical (unpaired) electrons. The molecule has 0 unspecified atom stereocenters. The Hall–Kier alpha value is -2.53.